The largest absolute Gasteiger partial charge is 0.508 e. The zero-order chi connectivity index (χ0) is 41.4. The Bertz CT molecular complexity index is 2210. The molecule has 58 heavy (non-hydrogen) atoms. The number of phenols is 1. The number of hydrogen-bond donors (Lipinski definition) is 3. The van der Waals surface area contributed by atoms with Gasteiger partial charge in [-0.1, -0.05) is 32.9 Å². The molecule has 12 nitrogen and oxygen atoms in total. The highest BCUT2D eigenvalue weighted by Gasteiger charge is 2.30. The summed E-state index contributed by atoms with van der Waals surface area (Å²) in [6.07, 6.45) is 7.77. The highest BCUT2D eigenvalue weighted by atomic mass is 16.5. The Labute approximate surface area is 341 Å². The van der Waals surface area contributed by atoms with E-state index in [1.807, 2.05) is 44.2 Å². The zero-order valence-electron chi connectivity index (χ0n) is 34.5. The van der Waals surface area contributed by atoms with Crippen LogP contribution in [0.25, 0.3) is 33.3 Å². The van der Waals surface area contributed by atoms with Crippen molar-refractivity contribution < 1.29 is 29.0 Å². The Kier molecular flexibility index (Phi) is 13.6. The molecule has 1 aliphatic rings. The van der Waals surface area contributed by atoms with E-state index >= 15 is 0 Å². The third-order valence-corrected chi connectivity index (χ3v) is 11.0. The average Bonchev–Trinajstić information content (AvgIpc) is 3.53. The number of nitrogens with zero attached hydrogens (tertiary/aromatic N) is 4. The molecule has 2 aromatic carbocycles. The number of hydrogen-bond acceptors (Lipinski definition) is 9. The summed E-state index contributed by atoms with van der Waals surface area (Å²) in [6, 6.07) is 18.6. The van der Waals surface area contributed by atoms with E-state index in [0.29, 0.717) is 38.1 Å². The molecule has 5 aromatic rings. The summed E-state index contributed by atoms with van der Waals surface area (Å²) in [4.78, 5) is 47.6. The van der Waals surface area contributed by atoms with Crippen LogP contribution >= 0.6 is 0 Å². The molecular formula is C46H56N6O6. The second-order valence-corrected chi connectivity index (χ2v) is 16.1. The van der Waals surface area contributed by atoms with Crippen LogP contribution in [0, 0.1) is 5.41 Å². The monoisotopic (exact) mass is 788 g/mol. The van der Waals surface area contributed by atoms with E-state index in [0.717, 1.165) is 62.9 Å². The number of nitrogens with one attached hydrogen (secondary N) is 2. The van der Waals surface area contributed by atoms with Crippen molar-refractivity contribution in [2.75, 3.05) is 26.8 Å². The standard InChI is InChI=1S/C46H56N6O6/c1-7-51-41-13-12-34(26-38(41)39(27-46(4,5)28-58-29-53)44(51)37-11-10-16-48-43(37)31(3)57-6)35-22-32(23-36(54)25-35)24-40(45(56)52-20-9-8-17-49-52)50-42(55)21-30(2)33-14-18-47-19-15-33/h10-16,18-19,22-23,25-26,29-31,40,49,54H,7-9,17,20-21,24,27-28H2,1-6H3,(H,50,55)/t30?,31-,40-/m0/s1. The summed E-state index contributed by atoms with van der Waals surface area (Å²) >= 11 is 0. The normalized spacial score (nSPS) is 14.8. The summed E-state index contributed by atoms with van der Waals surface area (Å²) in [5.41, 5.74) is 11.1. The van der Waals surface area contributed by atoms with Gasteiger partial charge in [0, 0.05) is 80.1 Å². The molecule has 3 N–H and O–H groups in total. The molecule has 0 radical (unpaired) electrons. The molecule has 0 spiro atoms. The number of carbonyl (C=O) groups excluding carboxylic acids is 3. The van der Waals surface area contributed by atoms with E-state index in [2.05, 4.69) is 59.3 Å². The van der Waals surface area contributed by atoms with Crippen molar-refractivity contribution >= 4 is 29.2 Å². The molecule has 12 heteroatoms. The number of fused-ring (bicyclic) bond motifs is 1. The highest BCUT2D eigenvalue weighted by Crippen LogP contribution is 2.42. The minimum absolute atomic E-state index is 0.0558. The van der Waals surface area contributed by atoms with Crippen LogP contribution in [0.4, 0.5) is 0 Å². The van der Waals surface area contributed by atoms with Crippen LogP contribution in [0.3, 0.4) is 0 Å². The number of ether oxygens (including phenoxy) is 2. The number of methoxy groups -OCH3 is 1. The molecule has 3 aromatic heterocycles. The van der Waals surface area contributed by atoms with Gasteiger partial charge in [-0.05, 0) is 115 Å². The smallest absolute Gasteiger partial charge is 0.293 e. The lowest BCUT2D eigenvalue weighted by Gasteiger charge is -2.31. The third-order valence-electron chi connectivity index (χ3n) is 11.0. The first-order valence-corrected chi connectivity index (χ1v) is 20.2. The summed E-state index contributed by atoms with van der Waals surface area (Å²) < 4.78 is 13.4. The minimum atomic E-state index is -0.855. The highest BCUT2D eigenvalue weighted by molar-refractivity contribution is 5.95. The summed E-state index contributed by atoms with van der Waals surface area (Å²) in [5, 5.41) is 16.8. The van der Waals surface area contributed by atoms with Gasteiger partial charge in [0.2, 0.25) is 5.91 Å². The Morgan fingerprint density at radius 1 is 1.03 bits per heavy atom. The van der Waals surface area contributed by atoms with Crippen molar-refractivity contribution in [3.63, 3.8) is 0 Å². The first-order valence-electron chi connectivity index (χ1n) is 20.2. The Morgan fingerprint density at radius 2 is 1.83 bits per heavy atom. The van der Waals surface area contributed by atoms with Crippen molar-refractivity contribution in [3.05, 3.63) is 102 Å². The van der Waals surface area contributed by atoms with Crippen LogP contribution in [-0.2, 0) is 43.2 Å². The SMILES string of the molecule is CCn1c(-c2cccnc2[C@H](C)OC)c(CC(C)(C)COC=O)c2cc(-c3cc(O)cc(C[C@H](NC(=O)CC(C)c4ccncc4)C(=O)N4CCCCN4)c3)ccc21. The van der Waals surface area contributed by atoms with Gasteiger partial charge in [-0.25, -0.2) is 5.43 Å². The van der Waals surface area contributed by atoms with Gasteiger partial charge in [0.1, 0.15) is 11.8 Å². The zero-order valence-corrected chi connectivity index (χ0v) is 34.5. The molecule has 6 rings (SSSR count). The van der Waals surface area contributed by atoms with E-state index in [9.17, 15) is 19.5 Å². The number of phenolic OH excluding ortho intramolecular Hbond substituents is 1. The molecule has 0 bridgehead atoms. The van der Waals surface area contributed by atoms with Gasteiger partial charge in [0.25, 0.3) is 12.4 Å². The number of carbonyl (C=O) groups is 3. The summed E-state index contributed by atoms with van der Waals surface area (Å²) in [7, 11) is 1.68. The van der Waals surface area contributed by atoms with Crippen molar-refractivity contribution in [2.24, 2.45) is 5.41 Å². The van der Waals surface area contributed by atoms with Gasteiger partial charge >= 0.3 is 0 Å². The molecule has 306 valence electrons. The molecule has 1 fully saturated rings. The molecule has 1 unspecified atom stereocenters. The van der Waals surface area contributed by atoms with Crippen LogP contribution in [0.15, 0.2) is 79.3 Å². The predicted molar refractivity (Wildman–Crippen MR) is 225 cm³/mol. The topological polar surface area (TPSA) is 148 Å². The number of aryl methyl sites for hydroxylation is 1. The molecule has 0 aliphatic carbocycles. The number of aromatic hydroxyl groups is 1. The van der Waals surface area contributed by atoms with Crippen LogP contribution in [0.2, 0.25) is 0 Å². The summed E-state index contributed by atoms with van der Waals surface area (Å²) in [6.45, 7) is 12.9. The molecule has 0 saturated carbocycles. The van der Waals surface area contributed by atoms with Gasteiger partial charge in [-0.3, -0.25) is 29.4 Å². The number of rotatable bonds is 17. The molecular weight excluding hydrogens is 733 g/mol. The van der Waals surface area contributed by atoms with Crippen LogP contribution in [0.1, 0.15) is 88.3 Å². The van der Waals surface area contributed by atoms with Crippen molar-refractivity contribution in [3.8, 4) is 28.1 Å². The Balaban J connectivity index is 1.40. The molecule has 3 atom stereocenters. The van der Waals surface area contributed by atoms with E-state index in [-0.39, 0.29) is 49.0 Å². The minimum Gasteiger partial charge on any atom is -0.508 e. The van der Waals surface area contributed by atoms with Crippen LogP contribution in [0.5, 0.6) is 5.75 Å². The maximum absolute atomic E-state index is 14.0. The fraction of sp³-hybridized carbons (Fsp3) is 0.413. The molecule has 2 amide bonds. The quantitative estimate of drug-likeness (QED) is 0.0827. The third kappa shape index (κ3) is 9.74. The van der Waals surface area contributed by atoms with Crippen molar-refractivity contribution in [1.82, 2.24) is 30.3 Å². The van der Waals surface area contributed by atoms with Crippen LogP contribution < -0.4 is 10.7 Å². The number of benzene rings is 2. The molecule has 1 aliphatic heterocycles. The lowest BCUT2D eigenvalue weighted by Crippen LogP contribution is -2.56. The van der Waals surface area contributed by atoms with E-state index in [1.54, 1.807) is 42.8 Å². The fourth-order valence-corrected chi connectivity index (χ4v) is 8.06. The molecule has 4 heterocycles. The number of aromatic nitrogens is 3. The van der Waals surface area contributed by atoms with Crippen LogP contribution in [-0.4, -0.2) is 75.8 Å². The van der Waals surface area contributed by atoms with Crippen molar-refractivity contribution in [2.45, 2.75) is 91.3 Å². The number of pyridine rings is 2. The molecule has 1 saturated heterocycles. The van der Waals surface area contributed by atoms with Crippen molar-refractivity contribution in [1.29, 1.82) is 0 Å². The van der Waals surface area contributed by atoms with Gasteiger partial charge in [-0.15, -0.1) is 0 Å². The lowest BCUT2D eigenvalue weighted by atomic mass is 9.84. The summed E-state index contributed by atoms with van der Waals surface area (Å²) in [5.74, 6) is -0.459. The Hall–Kier alpha value is -5.59. The van der Waals surface area contributed by atoms with Gasteiger partial charge in [-0.2, -0.15) is 0 Å². The number of amides is 2. The lowest BCUT2D eigenvalue weighted by molar-refractivity contribution is -0.140. The van der Waals surface area contributed by atoms with Gasteiger partial charge < -0.3 is 24.5 Å². The maximum Gasteiger partial charge on any atom is 0.293 e. The number of hydrazine groups is 1. The fourth-order valence-electron chi connectivity index (χ4n) is 8.06. The van der Waals surface area contributed by atoms with Gasteiger partial charge in [0.05, 0.1) is 24.1 Å². The second-order valence-electron chi connectivity index (χ2n) is 16.1. The average molecular weight is 789 g/mol. The van der Waals surface area contributed by atoms with E-state index < -0.39 is 11.5 Å². The van der Waals surface area contributed by atoms with E-state index in [1.165, 1.54) is 0 Å². The maximum atomic E-state index is 14.0. The van der Waals surface area contributed by atoms with E-state index in [4.69, 9.17) is 14.5 Å². The first-order chi connectivity index (χ1) is 27.9. The first kappa shape index (κ1) is 42.0. The predicted octanol–water partition coefficient (Wildman–Crippen LogP) is 7.29. The Morgan fingerprint density at radius 3 is 2.53 bits per heavy atom. The van der Waals surface area contributed by atoms with Gasteiger partial charge in [0.15, 0.2) is 0 Å². The second kappa shape index (κ2) is 18.8.